The molecule has 0 aliphatic carbocycles. The summed E-state index contributed by atoms with van der Waals surface area (Å²) >= 11 is 0. The van der Waals surface area contributed by atoms with E-state index in [1.165, 1.54) is 12.1 Å². The molecule has 15 heavy (non-hydrogen) atoms. The molecular formula is C12H14FNO. The molecule has 0 bridgehead atoms. The van der Waals surface area contributed by atoms with Crippen LogP contribution in [0.15, 0.2) is 18.2 Å². The van der Waals surface area contributed by atoms with E-state index in [9.17, 15) is 9.50 Å². The first-order valence-corrected chi connectivity index (χ1v) is 4.92. The Bertz CT molecular complexity index is 382. The highest BCUT2D eigenvalue weighted by Gasteiger charge is 2.16. The van der Waals surface area contributed by atoms with Crippen molar-refractivity contribution in [3.8, 4) is 6.07 Å². The molecule has 0 aromatic heterocycles. The molecule has 1 rings (SSSR count). The van der Waals surface area contributed by atoms with Crippen molar-refractivity contribution in [1.82, 2.24) is 0 Å². The lowest BCUT2D eigenvalue weighted by molar-refractivity contribution is 0.146. The number of rotatable bonds is 3. The number of aliphatic hydroxyl groups is 1. The van der Waals surface area contributed by atoms with E-state index in [0.29, 0.717) is 6.42 Å². The van der Waals surface area contributed by atoms with Crippen LogP contribution in [0.2, 0.25) is 0 Å². The van der Waals surface area contributed by atoms with Crippen LogP contribution < -0.4 is 0 Å². The average Bonchev–Trinajstić information content (AvgIpc) is 2.17. The standard InChI is InChI=1S/C12H14FNO/c1-8(2)6-11(15)10-5-3-4-9(7-14)12(10)13/h3-5,8,11,15H,6H2,1-2H3. The lowest BCUT2D eigenvalue weighted by atomic mass is 9.98. The van der Waals surface area contributed by atoms with Gasteiger partial charge in [-0.25, -0.2) is 4.39 Å². The summed E-state index contributed by atoms with van der Waals surface area (Å²) < 4.78 is 13.6. The number of nitriles is 1. The molecule has 0 aliphatic heterocycles. The van der Waals surface area contributed by atoms with Crippen LogP contribution in [0.4, 0.5) is 4.39 Å². The molecule has 0 aliphatic rings. The zero-order chi connectivity index (χ0) is 11.4. The fourth-order valence-electron chi connectivity index (χ4n) is 1.47. The summed E-state index contributed by atoms with van der Waals surface area (Å²) in [7, 11) is 0. The van der Waals surface area contributed by atoms with Gasteiger partial charge in [0.2, 0.25) is 0 Å². The number of hydrogen-bond donors (Lipinski definition) is 1. The predicted molar refractivity (Wildman–Crippen MR) is 55.5 cm³/mol. The predicted octanol–water partition coefficient (Wildman–Crippen LogP) is 2.78. The Morgan fingerprint density at radius 1 is 1.47 bits per heavy atom. The third-order valence-electron chi connectivity index (χ3n) is 2.20. The van der Waals surface area contributed by atoms with Gasteiger partial charge in [0.15, 0.2) is 0 Å². The van der Waals surface area contributed by atoms with Crippen molar-refractivity contribution in [3.05, 3.63) is 35.1 Å². The van der Waals surface area contributed by atoms with Gasteiger partial charge in [-0.15, -0.1) is 0 Å². The molecule has 0 saturated carbocycles. The van der Waals surface area contributed by atoms with Crippen molar-refractivity contribution in [2.75, 3.05) is 0 Å². The van der Waals surface area contributed by atoms with E-state index < -0.39 is 11.9 Å². The summed E-state index contributed by atoms with van der Waals surface area (Å²) in [5.41, 5.74) is 0.193. The maximum atomic E-state index is 13.6. The zero-order valence-electron chi connectivity index (χ0n) is 8.87. The van der Waals surface area contributed by atoms with Crippen molar-refractivity contribution in [3.63, 3.8) is 0 Å². The van der Waals surface area contributed by atoms with Crippen molar-refractivity contribution < 1.29 is 9.50 Å². The summed E-state index contributed by atoms with van der Waals surface area (Å²) in [6.45, 7) is 3.91. The Balaban J connectivity index is 3.00. The lowest BCUT2D eigenvalue weighted by Gasteiger charge is -2.14. The molecule has 1 unspecified atom stereocenters. The monoisotopic (exact) mass is 207 g/mol. The van der Waals surface area contributed by atoms with Gasteiger partial charge in [0.05, 0.1) is 11.7 Å². The van der Waals surface area contributed by atoms with Crippen molar-refractivity contribution >= 4 is 0 Å². The van der Waals surface area contributed by atoms with E-state index in [4.69, 9.17) is 5.26 Å². The second-order valence-electron chi connectivity index (χ2n) is 3.97. The Labute approximate surface area is 89.0 Å². The molecule has 1 atom stereocenters. The summed E-state index contributed by atoms with van der Waals surface area (Å²) in [6, 6.07) is 6.26. The normalized spacial score (nSPS) is 12.5. The van der Waals surface area contributed by atoms with Gasteiger partial charge < -0.3 is 5.11 Å². The van der Waals surface area contributed by atoms with E-state index in [2.05, 4.69) is 0 Å². The highest BCUT2D eigenvalue weighted by Crippen LogP contribution is 2.24. The van der Waals surface area contributed by atoms with Gasteiger partial charge in [-0.3, -0.25) is 0 Å². The summed E-state index contributed by atoms with van der Waals surface area (Å²) in [5.74, 6) is -0.321. The molecular weight excluding hydrogens is 193 g/mol. The quantitative estimate of drug-likeness (QED) is 0.828. The highest BCUT2D eigenvalue weighted by molar-refractivity contribution is 5.35. The lowest BCUT2D eigenvalue weighted by Crippen LogP contribution is -2.05. The molecule has 0 saturated heterocycles. The second-order valence-corrected chi connectivity index (χ2v) is 3.97. The maximum Gasteiger partial charge on any atom is 0.146 e. The molecule has 0 amide bonds. The molecule has 0 spiro atoms. The van der Waals surface area contributed by atoms with Crippen LogP contribution >= 0.6 is 0 Å². The Morgan fingerprint density at radius 3 is 2.67 bits per heavy atom. The molecule has 80 valence electrons. The molecule has 2 nitrogen and oxygen atoms in total. The minimum Gasteiger partial charge on any atom is -0.388 e. The number of hydrogen-bond acceptors (Lipinski definition) is 2. The third kappa shape index (κ3) is 2.77. The SMILES string of the molecule is CC(C)CC(O)c1cccc(C#N)c1F. The molecule has 0 radical (unpaired) electrons. The number of benzene rings is 1. The first kappa shape index (κ1) is 11.7. The van der Waals surface area contributed by atoms with Crippen molar-refractivity contribution in [1.29, 1.82) is 5.26 Å². The first-order chi connectivity index (χ1) is 7.06. The Kier molecular flexibility index (Phi) is 3.81. The highest BCUT2D eigenvalue weighted by atomic mass is 19.1. The summed E-state index contributed by atoms with van der Waals surface area (Å²) in [4.78, 5) is 0. The Hall–Kier alpha value is -1.40. The summed E-state index contributed by atoms with van der Waals surface area (Å²) in [5, 5.41) is 18.4. The van der Waals surface area contributed by atoms with Gasteiger partial charge in [0.1, 0.15) is 11.9 Å². The van der Waals surface area contributed by atoms with Crippen LogP contribution in [-0.2, 0) is 0 Å². The van der Waals surface area contributed by atoms with E-state index in [0.717, 1.165) is 0 Å². The van der Waals surface area contributed by atoms with E-state index in [1.54, 1.807) is 12.1 Å². The molecule has 0 heterocycles. The fourth-order valence-corrected chi connectivity index (χ4v) is 1.47. The van der Waals surface area contributed by atoms with Crippen LogP contribution in [-0.4, -0.2) is 5.11 Å². The summed E-state index contributed by atoms with van der Waals surface area (Å²) in [6.07, 6.45) is -0.343. The fraction of sp³-hybridized carbons (Fsp3) is 0.417. The molecule has 3 heteroatoms. The van der Waals surface area contributed by atoms with Crippen molar-refractivity contribution in [2.45, 2.75) is 26.4 Å². The van der Waals surface area contributed by atoms with E-state index in [-0.39, 0.29) is 17.0 Å². The zero-order valence-corrected chi connectivity index (χ0v) is 8.87. The van der Waals surface area contributed by atoms with Crippen LogP contribution in [0.1, 0.15) is 37.5 Å². The minimum absolute atomic E-state index is 0.0182. The van der Waals surface area contributed by atoms with Crippen LogP contribution in [0.25, 0.3) is 0 Å². The smallest absolute Gasteiger partial charge is 0.146 e. The van der Waals surface area contributed by atoms with E-state index in [1.807, 2.05) is 13.8 Å². The van der Waals surface area contributed by atoms with Gasteiger partial charge in [0, 0.05) is 5.56 Å². The molecule has 0 fully saturated rings. The van der Waals surface area contributed by atoms with Crippen molar-refractivity contribution in [2.24, 2.45) is 5.92 Å². The van der Waals surface area contributed by atoms with E-state index >= 15 is 0 Å². The maximum absolute atomic E-state index is 13.6. The van der Waals surface area contributed by atoms with Crippen LogP contribution in [0.5, 0.6) is 0 Å². The average molecular weight is 207 g/mol. The Morgan fingerprint density at radius 2 is 2.13 bits per heavy atom. The van der Waals surface area contributed by atoms with Gasteiger partial charge in [-0.1, -0.05) is 26.0 Å². The molecule has 1 aromatic carbocycles. The van der Waals surface area contributed by atoms with Gasteiger partial charge in [-0.2, -0.15) is 5.26 Å². The number of halogens is 1. The van der Waals surface area contributed by atoms with Gasteiger partial charge in [-0.05, 0) is 18.4 Å². The van der Waals surface area contributed by atoms with Gasteiger partial charge in [0.25, 0.3) is 0 Å². The van der Waals surface area contributed by atoms with Gasteiger partial charge >= 0.3 is 0 Å². The second kappa shape index (κ2) is 4.90. The number of nitrogens with zero attached hydrogens (tertiary/aromatic N) is 1. The van der Waals surface area contributed by atoms with Crippen LogP contribution in [0.3, 0.4) is 0 Å². The number of aliphatic hydroxyl groups excluding tert-OH is 1. The molecule has 1 N–H and O–H groups in total. The first-order valence-electron chi connectivity index (χ1n) is 4.92. The van der Waals surface area contributed by atoms with Crippen LogP contribution in [0, 0.1) is 23.1 Å². The topological polar surface area (TPSA) is 44.0 Å². The third-order valence-corrected chi connectivity index (χ3v) is 2.20. The largest absolute Gasteiger partial charge is 0.388 e. The minimum atomic E-state index is -0.835. The molecule has 1 aromatic rings.